The topological polar surface area (TPSA) is 18.5 Å². The highest BCUT2D eigenvalue weighted by Crippen LogP contribution is 2.30. The number of piperazine rings is 1. The van der Waals surface area contributed by atoms with Crippen LogP contribution in [-0.4, -0.2) is 41.1 Å². The Hall–Kier alpha value is -2.19. The molecule has 8 heteroatoms. The van der Waals surface area contributed by atoms with Crippen LogP contribution in [0.5, 0.6) is 0 Å². The molecule has 1 fully saturated rings. The van der Waals surface area contributed by atoms with Crippen LogP contribution in [0.15, 0.2) is 48.5 Å². The molecule has 0 spiro atoms. The minimum atomic E-state index is -4.39. The monoisotopic (exact) mass is 397 g/mol. The number of benzene rings is 2. The summed E-state index contributed by atoms with van der Waals surface area (Å²) in [4.78, 5) is 4.12. The van der Waals surface area contributed by atoms with Crippen molar-refractivity contribution in [1.29, 1.82) is 0 Å². The average molecular weight is 397 g/mol. The molecule has 0 unspecified atom stereocenters. The van der Waals surface area contributed by atoms with E-state index >= 15 is 0 Å². The lowest BCUT2D eigenvalue weighted by atomic mass is 10.2. The first-order chi connectivity index (χ1) is 12.8. The largest absolute Gasteiger partial charge is 0.416 e. The molecule has 0 amide bonds. The van der Waals surface area contributed by atoms with Crippen molar-refractivity contribution in [1.82, 2.24) is 9.80 Å². The van der Waals surface area contributed by atoms with Crippen LogP contribution in [-0.2, 0) is 12.7 Å². The lowest BCUT2D eigenvalue weighted by Gasteiger charge is -2.36. The van der Waals surface area contributed by atoms with Crippen LogP contribution in [0.3, 0.4) is 0 Å². The van der Waals surface area contributed by atoms with Gasteiger partial charge in [-0.05, 0) is 48.1 Å². The molecule has 1 saturated heterocycles. The van der Waals surface area contributed by atoms with E-state index in [1.807, 2.05) is 11.0 Å². The van der Waals surface area contributed by atoms with Gasteiger partial charge in [0.15, 0.2) is 5.11 Å². The van der Waals surface area contributed by atoms with Crippen molar-refractivity contribution in [2.75, 3.05) is 31.5 Å². The van der Waals surface area contributed by atoms with Crippen molar-refractivity contribution in [2.45, 2.75) is 12.7 Å². The minimum Gasteiger partial charge on any atom is -0.346 e. The van der Waals surface area contributed by atoms with E-state index < -0.39 is 11.7 Å². The zero-order valence-corrected chi connectivity index (χ0v) is 15.3. The van der Waals surface area contributed by atoms with Crippen molar-refractivity contribution >= 4 is 23.0 Å². The van der Waals surface area contributed by atoms with E-state index in [1.54, 1.807) is 12.1 Å². The van der Waals surface area contributed by atoms with Gasteiger partial charge in [0.05, 0.1) is 5.56 Å². The minimum absolute atomic E-state index is 0.252. The summed E-state index contributed by atoms with van der Waals surface area (Å²) < 4.78 is 51.7. The highest BCUT2D eigenvalue weighted by atomic mass is 32.1. The van der Waals surface area contributed by atoms with Gasteiger partial charge in [-0.2, -0.15) is 13.2 Å². The van der Waals surface area contributed by atoms with Gasteiger partial charge >= 0.3 is 6.18 Å². The van der Waals surface area contributed by atoms with Gasteiger partial charge in [-0.1, -0.05) is 18.2 Å². The second kappa shape index (κ2) is 8.22. The molecular formula is C19H19F4N3S. The molecular weight excluding hydrogens is 378 g/mol. The first-order valence-electron chi connectivity index (χ1n) is 8.51. The number of thiocarbonyl (C=S) groups is 1. The quantitative estimate of drug-likeness (QED) is 0.613. The molecule has 27 heavy (non-hydrogen) atoms. The van der Waals surface area contributed by atoms with Crippen molar-refractivity contribution in [3.05, 3.63) is 65.5 Å². The van der Waals surface area contributed by atoms with E-state index in [9.17, 15) is 17.6 Å². The van der Waals surface area contributed by atoms with Gasteiger partial charge in [-0.25, -0.2) is 4.39 Å². The summed E-state index contributed by atoms with van der Waals surface area (Å²) in [7, 11) is 0. The van der Waals surface area contributed by atoms with Crippen LogP contribution in [0.25, 0.3) is 0 Å². The molecule has 0 radical (unpaired) electrons. The predicted molar refractivity (Wildman–Crippen MR) is 101 cm³/mol. The first kappa shape index (κ1) is 19.6. The van der Waals surface area contributed by atoms with E-state index in [4.69, 9.17) is 12.2 Å². The molecule has 0 atom stereocenters. The molecule has 0 aliphatic carbocycles. The van der Waals surface area contributed by atoms with Gasteiger partial charge in [0, 0.05) is 38.4 Å². The Bertz CT molecular complexity index is 802. The summed E-state index contributed by atoms with van der Waals surface area (Å²) in [6, 6.07) is 11.5. The summed E-state index contributed by atoms with van der Waals surface area (Å²) >= 11 is 5.34. The maximum absolute atomic E-state index is 13.3. The van der Waals surface area contributed by atoms with Crippen LogP contribution >= 0.6 is 12.2 Å². The zero-order chi connectivity index (χ0) is 19.4. The Kier molecular flexibility index (Phi) is 5.96. The number of nitrogens with zero attached hydrogens (tertiary/aromatic N) is 2. The number of hydrogen-bond acceptors (Lipinski definition) is 2. The normalized spacial score (nSPS) is 15.6. The fraction of sp³-hybridized carbons (Fsp3) is 0.316. The van der Waals surface area contributed by atoms with Gasteiger partial charge in [-0.3, -0.25) is 4.90 Å². The Morgan fingerprint density at radius 3 is 2.37 bits per heavy atom. The van der Waals surface area contributed by atoms with E-state index in [1.165, 1.54) is 18.2 Å². The molecule has 3 nitrogen and oxygen atoms in total. The van der Waals surface area contributed by atoms with Gasteiger partial charge in [-0.15, -0.1) is 0 Å². The highest BCUT2D eigenvalue weighted by Gasteiger charge is 2.30. The standard InChI is InChI=1S/C19H19F4N3S/c20-16-5-1-3-14(11-16)13-25-7-9-26(10-8-25)18(27)24-17-6-2-4-15(12-17)19(21,22)23/h1-6,11-12H,7-10,13H2,(H,24,27). The summed E-state index contributed by atoms with van der Waals surface area (Å²) in [6.07, 6.45) is -4.39. The van der Waals surface area contributed by atoms with Gasteiger partial charge < -0.3 is 10.2 Å². The smallest absolute Gasteiger partial charge is 0.346 e. The first-order valence-corrected chi connectivity index (χ1v) is 8.92. The molecule has 0 saturated carbocycles. The third-order valence-corrected chi connectivity index (χ3v) is 4.76. The Morgan fingerprint density at radius 1 is 1.00 bits per heavy atom. The molecule has 144 valence electrons. The Labute approximate surface area is 160 Å². The maximum atomic E-state index is 13.3. The van der Waals surface area contributed by atoms with Crippen LogP contribution in [0.4, 0.5) is 23.2 Å². The molecule has 2 aromatic rings. The van der Waals surface area contributed by atoms with Crippen LogP contribution in [0.2, 0.25) is 0 Å². The molecule has 0 aromatic heterocycles. The SMILES string of the molecule is Fc1cccc(CN2CCN(C(=S)Nc3cccc(C(F)(F)F)c3)CC2)c1. The fourth-order valence-electron chi connectivity index (χ4n) is 2.98. The lowest BCUT2D eigenvalue weighted by molar-refractivity contribution is -0.137. The Balaban J connectivity index is 1.53. The molecule has 0 bridgehead atoms. The summed E-state index contributed by atoms with van der Waals surface area (Å²) in [6.45, 7) is 3.43. The molecule has 1 N–H and O–H groups in total. The van der Waals surface area contributed by atoms with E-state index in [2.05, 4.69) is 10.2 Å². The number of rotatable bonds is 3. The van der Waals surface area contributed by atoms with Gasteiger partial charge in [0.2, 0.25) is 0 Å². The number of alkyl halides is 3. The van der Waals surface area contributed by atoms with Crippen LogP contribution in [0, 0.1) is 5.82 Å². The summed E-state index contributed by atoms with van der Waals surface area (Å²) in [5.41, 5.74) is 0.514. The second-order valence-corrected chi connectivity index (χ2v) is 6.79. The molecule has 3 rings (SSSR count). The van der Waals surface area contributed by atoms with E-state index in [-0.39, 0.29) is 5.82 Å². The molecule has 2 aromatic carbocycles. The van der Waals surface area contributed by atoms with Crippen LogP contribution in [0.1, 0.15) is 11.1 Å². The second-order valence-electron chi connectivity index (χ2n) is 6.40. The summed E-state index contributed by atoms with van der Waals surface area (Å²) in [5, 5.41) is 3.29. The van der Waals surface area contributed by atoms with Crippen molar-refractivity contribution in [2.24, 2.45) is 0 Å². The van der Waals surface area contributed by atoms with Crippen molar-refractivity contribution in [3.63, 3.8) is 0 Å². The fourth-order valence-corrected chi connectivity index (χ4v) is 3.28. The van der Waals surface area contributed by atoms with Gasteiger partial charge in [0.1, 0.15) is 5.82 Å². The third-order valence-electron chi connectivity index (χ3n) is 4.40. The zero-order valence-electron chi connectivity index (χ0n) is 14.5. The van der Waals surface area contributed by atoms with Crippen molar-refractivity contribution in [3.8, 4) is 0 Å². The average Bonchev–Trinajstić information content (AvgIpc) is 2.62. The highest BCUT2D eigenvalue weighted by molar-refractivity contribution is 7.80. The predicted octanol–water partition coefficient (Wildman–Crippen LogP) is 4.36. The number of hydrogen-bond donors (Lipinski definition) is 1. The number of halogens is 4. The number of anilines is 1. The van der Waals surface area contributed by atoms with Crippen LogP contribution < -0.4 is 5.32 Å². The van der Waals surface area contributed by atoms with Gasteiger partial charge in [0.25, 0.3) is 0 Å². The lowest BCUT2D eigenvalue weighted by Crippen LogP contribution is -2.49. The maximum Gasteiger partial charge on any atom is 0.416 e. The summed E-state index contributed by atoms with van der Waals surface area (Å²) in [5.74, 6) is -0.252. The van der Waals surface area contributed by atoms with E-state index in [0.717, 1.165) is 30.8 Å². The molecule has 1 heterocycles. The van der Waals surface area contributed by atoms with Crippen molar-refractivity contribution < 1.29 is 17.6 Å². The van der Waals surface area contributed by atoms with E-state index in [0.29, 0.717) is 30.4 Å². The molecule has 1 aliphatic heterocycles. The Morgan fingerprint density at radius 2 is 1.70 bits per heavy atom. The third kappa shape index (κ3) is 5.40. The number of nitrogens with one attached hydrogen (secondary N) is 1. The molecule has 1 aliphatic rings.